The topological polar surface area (TPSA) is 60.7 Å². The first kappa shape index (κ1) is 8.62. The van der Waals surface area contributed by atoms with Crippen molar-refractivity contribution in [3.05, 3.63) is 0 Å². The van der Waals surface area contributed by atoms with E-state index in [0.29, 0.717) is 39.0 Å². The van der Waals surface area contributed by atoms with Crippen molar-refractivity contribution >= 4 is 0 Å². The fraction of sp³-hybridized carbons (Fsp3) is 0.889. The highest BCUT2D eigenvalue weighted by Gasteiger charge is 2.65. The third-order valence-corrected chi connectivity index (χ3v) is 3.02. The summed E-state index contributed by atoms with van der Waals surface area (Å²) in [5, 5.41) is 9.13. The lowest BCUT2D eigenvalue weighted by atomic mass is 9.83. The monoisotopic (exact) mass is 197 g/mol. The first-order valence-corrected chi connectivity index (χ1v) is 4.71. The van der Waals surface area contributed by atoms with Crippen LogP contribution < -0.4 is 0 Å². The molecule has 76 valence electrons. The lowest BCUT2D eigenvalue weighted by Gasteiger charge is -2.54. The summed E-state index contributed by atoms with van der Waals surface area (Å²) >= 11 is 0. The molecule has 0 amide bonds. The van der Waals surface area contributed by atoms with Crippen LogP contribution >= 0.6 is 0 Å². The molecule has 5 heteroatoms. The molecule has 0 aromatic carbocycles. The SMILES string of the molecule is N#CC1(C23OCC(CO2)CO3)COC1. The van der Waals surface area contributed by atoms with Gasteiger partial charge in [0.15, 0.2) is 5.41 Å². The van der Waals surface area contributed by atoms with Crippen molar-refractivity contribution < 1.29 is 18.9 Å². The molecule has 4 heterocycles. The summed E-state index contributed by atoms with van der Waals surface area (Å²) in [5.41, 5.74) is -0.765. The fourth-order valence-corrected chi connectivity index (χ4v) is 1.98. The van der Waals surface area contributed by atoms with E-state index in [1.54, 1.807) is 0 Å². The molecule has 4 aliphatic rings. The van der Waals surface area contributed by atoms with Gasteiger partial charge in [-0.25, -0.2) is 0 Å². The summed E-state index contributed by atoms with van der Waals surface area (Å²) in [4.78, 5) is 0. The van der Waals surface area contributed by atoms with Gasteiger partial charge in [0.25, 0.3) is 0 Å². The van der Waals surface area contributed by atoms with Crippen molar-refractivity contribution in [2.24, 2.45) is 11.3 Å². The number of ether oxygens (including phenoxy) is 4. The molecule has 2 bridgehead atoms. The summed E-state index contributed by atoms with van der Waals surface area (Å²) in [6.07, 6.45) is 0. The van der Waals surface area contributed by atoms with Gasteiger partial charge in [0, 0.05) is 5.92 Å². The van der Waals surface area contributed by atoms with E-state index >= 15 is 0 Å². The summed E-state index contributed by atoms with van der Waals surface area (Å²) < 4.78 is 21.6. The minimum atomic E-state index is -1.16. The largest absolute Gasteiger partial charge is 0.377 e. The number of rotatable bonds is 1. The molecule has 0 aromatic rings. The standard InChI is InChI=1S/C9H11NO4/c10-4-8(5-11-6-8)9-12-1-7(2-13-9)3-14-9/h7H,1-3,5-6H2. The molecule has 0 aliphatic carbocycles. The van der Waals surface area contributed by atoms with Gasteiger partial charge in [-0.1, -0.05) is 0 Å². The zero-order valence-electron chi connectivity index (χ0n) is 7.69. The van der Waals surface area contributed by atoms with Crippen molar-refractivity contribution in [1.82, 2.24) is 0 Å². The Balaban J connectivity index is 1.91. The highest BCUT2D eigenvalue weighted by atomic mass is 16.9. The smallest absolute Gasteiger partial charge is 0.307 e. The van der Waals surface area contributed by atoms with Crippen LogP contribution in [0.1, 0.15) is 0 Å². The quantitative estimate of drug-likeness (QED) is 0.586. The lowest BCUT2D eigenvalue weighted by Crippen LogP contribution is -2.68. The summed E-state index contributed by atoms with van der Waals surface area (Å²) in [6.45, 7) is 2.50. The summed E-state index contributed by atoms with van der Waals surface area (Å²) in [7, 11) is 0. The third-order valence-electron chi connectivity index (χ3n) is 3.02. The zero-order chi connectivity index (χ0) is 9.65. The average Bonchev–Trinajstić information content (AvgIpc) is 2.19. The molecule has 4 saturated heterocycles. The van der Waals surface area contributed by atoms with Gasteiger partial charge in [0.2, 0.25) is 0 Å². The molecular weight excluding hydrogens is 186 g/mol. The van der Waals surface area contributed by atoms with Gasteiger partial charge in [-0.05, 0) is 0 Å². The second-order valence-corrected chi connectivity index (χ2v) is 4.04. The Morgan fingerprint density at radius 3 is 2.00 bits per heavy atom. The van der Waals surface area contributed by atoms with Crippen molar-refractivity contribution in [1.29, 1.82) is 5.26 Å². The average molecular weight is 197 g/mol. The Morgan fingerprint density at radius 1 is 1.07 bits per heavy atom. The highest BCUT2D eigenvalue weighted by Crippen LogP contribution is 2.47. The maximum Gasteiger partial charge on any atom is 0.307 e. The second-order valence-electron chi connectivity index (χ2n) is 4.04. The minimum absolute atomic E-state index is 0.314. The minimum Gasteiger partial charge on any atom is -0.377 e. The molecule has 4 rings (SSSR count). The van der Waals surface area contributed by atoms with E-state index < -0.39 is 11.4 Å². The number of nitrogens with zero attached hydrogens (tertiary/aromatic N) is 1. The molecule has 0 radical (unpaired) electrons. The van der Waals surface area contributed by atoms with Crippen LogP contribution in [0.2, 0.25) is 0 Å². The normalized spacial score (nSPS) is 44.1. The number of hydrogen-bond donors (Lipinski definition) is 0. The molecule has 0 aromatic heterocycles. The maximum absolute atomic E-state index is 9.13. The van der Waals surface area contributed by atoms with Crippen molar-refractivity contribution in [3.63, 3.8) is 0 Å². The van der Waals surface area contributed by atoms with E-state index in [9.17, 15) is 0 Å². The van der Waals surface area contributed by atoms with Crippen LogP contribution in [0.4, 0.5) is 0 Å². The predicted octanol–water partition coefficient (Wildman–Crippen LogP) is -0.126. The molecule has 0 spiro atoms. The van der Waals surface area contributed by atoms with Crippen LogP contribution in [0.15, 0.2) is 0 Å². The van der Waals surface area contributed by atoms with Gasteiger partial charge in [-0.3, -0.25) is 0 Å². The fourth-order valence-electron chi connectivity index (χ4n) is 1.98. The van der Waals surface area contributed by atoms with Gasteiger partial charge in [0.1, 0.15) is 0 Å². The third kappa shape index (κ3) is 0.868. The van der Waals surface area contributed by atoms with Crippen LogP contribution in [0.25, 0.3) is 0 Å². The predicted molar refractivity (Wildman–Crippen MR) is 42.9 cm³/mol. The van der Waals surface area contributed by atoms with Gasteiger partial charge < -0.3 is 18.9 Å². The second kappa shape index (κ2) is 2.67. The Morgan fingerprint density at radius 2 is 1.64 bits per heavy atom. The van der Waals surface area contributed by atoms with Crippen LogP contribution in [0.3, 0.4) is 0 Å². The highest BCUT2D eigenvalue weighted by molar-refractivity contribution is 5.11. The van der Waals surface area contributed by atoms with E-state index in [2.05, 4.69) is 6.07 Å². The molecule has 5 nitrogen and oxygen atoms in total. The molecule has 0 saturated carbocycles. The van der Waals surface area contributed by atoms with Crippen molar-refractivity contribution in [2.45, 2.75) is 5.97 Å². The zero-order valence-corrected chi connectivity index (χ0v) is 7.69. The maximum atomic E-state index is 9.13. The lowest BCUT2D eigenvalue weighted by molar-refractivity contribution is -0.498. The molecule has 14 heavy (non-hydrogen) atoms. The van der Waals surface area contributed by atoms with Crippen molar-refractivity contribution in [2.75, 3.05) is 33.0 Å². The summed E-state index contributed by atoms with van der Waals surface area (Å²) in [5.74, 6) is -0.844. The molecule has 0 atom stereocenters. The molecule has 4 aliphatic heterocycles. The van der Waals surface area contributed by atoms with E-state index in [-0.39, 0.29) is 0 Å². The van der Waals surface area contributed by atoms with E-state index in [4.69, 9.17) is 24.2 Å². The van der Waals surface area contributed by atoms with Crippen LogP contribution in [-0.4, -0.2) is 39.0 Å². The van der Waals surface area contributed by atoms with Crippen LogP contribution in [0, 0.1) is 22.7 Å². The number of fused-ring (bicyclic) bond motifs is 3. The molecular formula is C9H11NO4. The van der Waals surface area contributed by atoms with Crippen molar-refractivity contribution in [3.8, 4) is 6.07 Å². The first-order chi connectivity index (χ1) is 6.80. The Bertz CT molecular complexity index is 272. The first-order valence-electron chi connectivity index (χ1n) is 4.71. The Labute approximate surface area is 81.5 Å². The Hall–Kier alpha value is -0.670. The molecule has 0 N–H and O–H groups in total. The van der Waals surface area contributed by atoms with Gasteiger partial charge in [-0.15, -0.1) is 0 Å². The summed E-state index contributed by atoms with van der Waals surface area (Å²) in [6, 6.07) is 2.20. The number of nitriles is 1. The van der Waals surface area contributed by atoms with Gasteiger partial charge in [-0.2, -0.15) is 5.26 Å². The van der Waals surface area contributed by atoms with Gasteiger partial charge in [0.05, 0.1) is 39.1 Å². The van der Waals surface area contributed by atoms with E-state index in [0.717, 1.165) is 0 Å². The molecule has 0 unspecified atom stereocenters. The van der Waals surface area contributed by atoms with Crippen LogP contribution in [-0.2, 0) is 18.9 Å². The number of hydrogen-bond acceptors (Lipinski definition) is 5. The van der Waals surface area contributed by atoms with Crippen LogP contribution in [0.5, 0.6) is 0 Å². The van der Waals surface area contributed by atoms with E-state index in [1.165, 1.54) is 0 Å². The molecule has 4 fully saturated rings. The Kier molecular flexibility index (Phi) is 1.65. The van der Waals surface area contributed by atoms with E-state index in [1.807, 2.05) is 0 Å². The van der Waals surface area contributed by atoms with Gasteiger partial charge >= 0.3 is 5.97 Å².